The van der Waals surface area contributed by atoms with E-state index in [1.807, 2.05) is 9.80 Å². The van der Waals surface area contributed by atoms with Gasteiger partial charge in [0.05, 0.1) is 12.1 Å². The van der Waals surface area contributed by atoms with Gasteiger partial charge in [0.2, 0.25) is 11.8 Å². The van der Waals surface area contributed by atoms with E-state index in [2.05, 4.69) is 4.98 Å². The van der Waals surface area contributed by atoms with Crippen molar-refractivity contribution in [3.63, 3.8) is 0 Å². The Kier molecular flexibility index (Phi) is 5.30. The van der Waals surface area contributed by atoms with Crippen LogP contribution in [0, 0.1) is 5.92 Å². The Morgan fingerprint density at radius 3 is 2.18 bits per heavy atom. The Bertz CT molecular complexity index is 748. The van der Waals surface area contributed by atoms with Crippen LogP contribution in [-0.2, 0) is 9.59 Å². The predicted octanol–water partition coefficient (Wildman–Crippen LogP) is 0.128. The van der Waals surface area contributed by atoms with Crippen LogP contribution in [0.3, 0.4) is 0 Å². The van der Waals surface area contributed by atoms with E-state index in [0.717, 1.165) is 12.8 Å². The number of hydrogen-bond donors (Lipinski definition) is 1. The van der Waals surface area contributed by atoms with Crippen molar-refractivity contribution in [1.82, 2.24) is 19.7 Å². The van der Waals surface area contributed by atoms with Gasteiger partial charge in [-0.1, -0.05) is 0 Å². The number of amides is 3. The maximum Gasteiger partial charge on any atom is 0.253 e. The molecule has 0 aliphatic carbocycles. The third-order valence-electron chi connectivity index (χ3n) is 6.37. The van der Waals surface area contributed by atoms with Gasteiger partial charge in [0.25, 0.3) is 5.91 Å². The number of pyridine rings is 1. The molecular weight excluding hydrogens is 360 g/mol. The van der Waals surface area contributed by atoms with Crippen molar-refractivity contribution in [3.8, 4) is 0 Å². The number of aliphatic hydroxyl groups is 1. The summed E-state index contributed by atoms with van der Waals surface area (Å²) in [6.07, 6.45) is 6.12. The maximum absolute atomic E-state index is 13.1. The molecule has 0 bridgehead atoms. The van der Waals surface area contributed by atoms with E-state index in [4.69, 9.17) is 5.11 Å². The number of fused-ring (bicyclic) bond motifs is 1. The highest BCUT2D eigenvalue weighted by molar-refractivity contribution is 5.94. The standard InChI is InChI=1S/C20H26N4O4/c25-13-18(26)23-11-5-17-16(23)6-12-24(17)20(28)15-3-9-22(10-4-15)19(27)14-1-7-21-8-2-14/h1-2,7-8,15-17,25H,3-6,9-13H2/t16-,17-/m0/s1. The average Bonchev–Trinajstić information content (AvgIpc) is 3.35. The van der Waals surface area contributed by atoms with Crippen molar-refractivity contribution >= 4 is 17.7 Å². The van der Waals surface area contributed by atoms with Crippen molar-refractivity contribution in [2.45, 2.75) is 37.8 Å². The lowest BCUT2D eigenvalue weighted by atomic mass is 9.94. The van der Waals surface area contributed by atoms with Gasteiger partial charge >= 0.3 is 0 Å². The first-order valence-electron chi connectivity index (χ1n) is 10.00. The van der Waals surface area contributed by atoms with Crippen LogP contribution >= 0.6 is 0 Å². The zero-order chi connectivity index (χ0) is 19.7. The van der Waals surface area contributed by atoms with E-state index < -0.39 is 6.61 Å². The third-order valence-corrected chi connectivity index (χ3v) is 6.37. The Hall–Kier alpha value is -2.48. The number of hydrogen-bond acceptors (Lipinski definition) is 5. The number of rotatable bonds is 3. The van der Waals surface area contributed by atoms with Gasteiger partial charge in [0.1, 0.15) is 6.61 Å². The summed E-state index contributed by atoms with van der Waals surface area (Å²) in [6, 6.07) is 3.53. The number of carbonyl (C=O) groups excluding carboxylic acids is 3. The van der Waals surface area contributed by atoms with E-state index >= 15 is 0 Å². The van der Waals surface area contributed by atoms with Crippen molar-refractivity contribution in [2.24, 2.45) is 5.92 Å². The number of aliphatic hydroxyl groups excluding tert-OH is 1. The minimum atomic E-state index is -0.471. The molecule has 28 heavy (non-hydrogen) atoms. The Morgan fingerprint density at radius 1 is 0.929 bits per heavy atom. The molecule has 4 heterocycles. The van der Waals surface area contributed by atoms with Crippen molar-refractivity contribution < 1.29 is 19.5 Å². The molecule has 150 valence electrons. The summed E-state index contributed by atoms with van der Waals surface area (Å²) in [6.45, 7) is 1.96. The molecule has 0 spiro atoms. The predicted molar refractivity (Wildman–Crippen MR) is 100 cm³/mol. The number of likely N-dealkylation sites (tertiary alicyclic amines) is 3. The van der Waals surface area contributed by atoms with Gasteiger partial charge in [-0.25, -0.2) is 0 Å². The summed E-state index contributed by atoms with van der Waals surface area (Å²) in [4.78, 5) is 47.0. The fourth-order valence-corrected chi connectivity index (χ4v) is 4.90. The van der Waals surface area contributed by atoms with Crippen molar-refractivity contribution in [2.75, 3.05) is 32.8 Å². The van der Waals surface area contributed by atoms with E-state index in [9.17, 15) is 14.4 Å². The smallest absolute Gasteiger partial charge is 0.253 e. The van der Waals surface area contributed by atoms with Crippen LogP contribution in [-0.4, -0.2) is 87.4 Å². The molecule has 1 N–H and O–H groups in total. The number of nitrogens with zero attached hydrogens (tertiary/aromatic N) is 4. The highest BCUT2D eigenvalue weighted by Gasteiger charge is 2.47. The minimum Gasteiger partial charge on any atom is -0.387 e. The minimum absolute atomic E-state index is 0.0107. The molecule has 3 fully saturated rings. The molecular formula is C20H26N4O4. The van der Waals surface area contributed by atoms with Crippen LogP contribution < -0.4 is 0 Å². The summed E-state index contributed by atoms with van der Waals surface area (Å²) < 4.78 is 0. The summed E-state index contributed by atoms with van der Waals surface area (Å²) in [5, 5.41) is 9.14. The molecule has 0 aromatic carbocycles. The molecule has 1 aromatic heterocycles. The molecule has 0 saturated carbocycles. The molecule has 3 saturated heterocycles. The van der Waals surface area contributed by atoms with Crippen LogP contribution in [0.4, 0.5) is 0 Å². The van der Waals surface area contributed by atoms with Gasteiger partial charge in [0, 0.05) is 50.1 Å². The average molecular weight is 386 g/mol. The molecule has 4 rings (SSSR count). The largest absolute Gasteiger partial charge is 0.387 e. The van der Waals surface area contributed by atoms with Gasteiger partial charge in [-0.3, -0.25) is 19.4 Å². The highest BCUT2D eigenvalue weighted by atomic mass is 16.3. The normalized spacial score (nSPS) is 25.1. The topological polar surface area (TPSA) is 94.1 Å². The first kappa shape index (κ1) is 18.9. The summed E-state index contributed by atoms with van der Waals surface area (Å²) in [5.74, 6) is -0.169. The van der Waals surface area contributed by atoms with Crippen molar-refractivity contribution in [3.05, 3.63) is 30.1 Å². The molecule has 0 unspecified atom stereocenters. The van der Waals surface area contributed by atoms with Crippen LogP contribution in [0.5, 0.6) is 0 Å². The molecule has 0 radical (unpaired) electrons. The molecule has 3 amide bonds. The molecule has 8 nitrogen and oxygen atoms in total. The SMILES string of the molecule is O=C(c1ccncc1)N1CCC(C(=O)N2CC[C@H]3[C@@H]2CCN3C(=O)CO)CC1. The summed E-state index contributed by atoms with van der Waals surface area (Å²) in [5.41, 5.74) is 0.627. The second kappa shape index (κ2) is 7.87. The van der Waals surface area contributed by atoms with Gasteiger partial charge in [0.15, 0.2) is 0 Å². The fraction of sp³-hybridized carbons (Fsp3) is 0.600. The van der Waals surface area contributed by atoms with E-state index in [0.29, 0.717) is 44.6 Å². The van der Waals surface area contributed by atoms with Gasteiger partial charge < -0.3 is 19.8 Å². The highest BCUT2D eigenvalue weighted by Crippen LogP contribution is 2.34. The van der Waals surface area contributed by atoms with Gasteiger partial charge in [-0.15, -0.1) is 0 Å². The van der Waals surface area contributed by atoms with Gasteiger partial charge in [-0.05, 0) is 37.8 Å². The van der Waals surface area contributed by atoms with Crippen molar-refractivity contribution in [1.29, 1.82) is 0 Å². The Morgan fingerprint density at radius 2 is 1.54 bits per heavy atom. The zero-order valence-electron chi connectivity index (χ0n) is 15.9. The number of aromatic nitrogens is 1. The fourth-order valence-electron chi connectivity index (χ4n) is 4.90. The Labute approximate surface area is 164 Å². The van der Waals surface area contributed by atoms with Crippen LogP contribution in [0.1, 0.15) is 36.0 Å². The summed E-state index contributed by atoms with van der Waals surface area (Å²) >= 11 is 0. The van der Waals surface area contributed by atoms with Crippen LogP contribution in [0.25, 0.3) is 0 Å². The van der Waals surface area contributed by atoms with E-state index in [-0.39, 0.29) is 35.7 Å². The second-order valence-corrected chi connectivity index (χ2v) is 7.79. The Balaban J connectivity index is 1.34. The lowest BCUT2D eigenvalue weighted by Gasteiger charge is -2.34. The maximum atomic E-state index is 13.1. The first-order chi connectivity index (χ1) is 13.6. The zero-order valence-corrected chi connectivity index (χ0v) is 15.9. The lowest BCUT2D eigenvalue weighted by molar-refractivity contribution is -0.139. The van der Waals surface area contributed by atoms with E-state index in [1.165, 1.54) is 0 Å². The van der Waals surface area contributed by atoms with Gasteiger partial charge in [-0.2, -0.15) is 0 Å². The molecule has 2 atom stereocenters. The number of piperidine rings is 1. The molecule has 1 aromatic rings. The summed E-state index contributed by atoms with van der Waals surface area (Å²) in [7, 11) is 0. The quantitative estimate of drug-likeness (QED) is 0.797. The number of carbonyl (C=O) groups is 3. The van der Waals surface area contributed by atoms with Crippen LogP contribution in [0.2, 0.25) is 0 Å². The molecule has 3 aliphatic heterocycles. The second-order valence-electron chi connectivity index (χ2n) is 7.79. The molecule has 3 aliphatic rings. The van der Waals surface area contributed by atoms with E-state index in [1.54, 1.807) is 29.4 Å². The van der Waals surface area contributed by atoms with Crippen LogP contribution in [0.15, 0.2) is 24.5 Å². The monoisotopic (exact) mass is 386 g/mol. The third kappa shape index (κ3) is 3.37. The first-order valence-corrected chi connectivity index (χ1v) is 10.00. The lowest BCUT2D eigenvalue weighted by Crippen LogP contribution is -2.47. The molecule has 8 heteroatoms.